The Morgan fingerprint density at radius 3 is 2.59 bits per heavy atom. The van der Waals surface area contributed by atoms with Gasteiger partial charge in [-0.15, -0.1) is 10.2 Å². The van der Waals surface area contributed by atoms with E-state index in [1.807, 2.05) is 55.6 Å². The van der Waals surface area contributed by atoms with Crippen molar-refractivity contribution in [2.45, 2.75) is 24.3 Å². The van der Waals surface area contributed by atoms with Gasteiger partial charge in [0.25, 0.3) is 0 Å². The summed E-state index contributed by atoms with van der Waals surface area (Å²) >= 11 is 7.78. The van der Waals surface area contributed by atoms with Crippen molar-refractivity contribution in [3.63, 3.8) is 0 Å². The highest BCUT2D eigenvalue weighted by atomic mass is 35.5. The molecule has 2 aromatic heterocycles. The van der Waals surface area contributed by atoms with Crippen molar-refractivity contribution in [2.24, 2.45) is 0 Å². The van der Waals surface area contributed by atoms with Gasteiger partial charge in [0.2, 0.25) is 11.8 Å². The number of aromatic nitrogens is 4. The van der Waals surface area contributed by atoms with E-state index in [4.69, 9.17) is 16.0 Å². The lowest BCUT2D eigenvalue weighted by molar-refractivity contribution is 0.470. The van der Waals surface area contributed by atoms with Gasteiger partial charge in [0.1, 0.15) is 0 Å². The molecular weight excluding hydrogens is 380 g/mol. The molecule has 0 bridgehead atoms. The third-order valence-electron chi connectivity index (χ3n) is 4.00. The fourth-order valence-electron chi connectivity index (χ4n) is 2.73. The molecule has 0 saturated carbocycles. The number of thioether (sulfide) groups is 1. The van der Waals surface area contributed by atoms with Crippen LogP contribution in [0, 0.1) is 0 Å². The molecule has 27 heavy (non-hydrogen) atoms. The van der Waals surface area contributed by atoms with Crippen molar-refractivity contribution in [1.82, 2.24) is 19.7 Å². The van der Waals surface area contributed by atoms with Gasteiger partial charge in [-0.25, -0.2) is 4.98 Å². The fourth-order valence-corrected chi connectivity index (χ4v) is 3.74. The van der Waals surface area contributed by atoms with Gasteiger partial charge >= 0.3 is 0 Å². The third-order valence-corrected chi connectivity index (χ3v) is 5.17. The summed E-state index contributed by atoms with van der Waals surface area (Å²) in [6.45, 7) is 1.99. The first-order valence-electron chi connectivity index (χ1n) is 8.57. The highest BCUT2D eigenvalue weighted by molar-refractivity contribution is 7.98. The Morgan fingerprint density at radius 2 is 1.85 bits per heavy atom. The Kier molecular flexibility index (Phi) is 5.27. The molecule has 0 radical (unpaired) electrons. The zero-order chi connectivity index (χ0) is 18.6. The normalized spacial score (nSPS) is 11.0. The minimum Gasteiger partial charge on any atom is -0.424 e. The van der Waals surface area contributed by atoms with Crippen LogP contribution in [0.2, 0.25) is 5.02 Å². The molecule has 4 rings (SSSR count). The standard InChI is InChI=1S/C20H17ClN4OS/c1-2-18-23-24-19(26-18)13-27-20-22-12-17(14-7-4-3-5-8-14)25(20)16-10-6-9-15(21)11-16/h3-12H,2,13H2,1H3. The number of benzene rings is 2. The summed E-state index contributed by atoms with van der Waals surface area (Å²) in [5, 5.41) is 9.63. The van der Waals surface area contributed by atoms with Crippen molar-refractivity contribution in [2.75, 3.05) is 0 Å². The zero-order valence-corrected chi connectivity index (χ0v) is 16.2. The summed E-state index contributed by atoms with van der Waals surface area (Å²) in [5.74, 6) is 1.80. The summed E-state index contributed by atoms with van der Waals surface area (Å²) in [6.07, 6.45) is 2.61. The second-order valence-corrected chi connectivity index (χ2v) is 7.22. The lowest BCUT2D eigenvalue weighted by Crippen LogP contribution is -1.99. The maximum atomic E-state index is 6.23. The van der Waals surface area contributed by atoms with Crippen molar-refractivity contribution >= 4 is 23.4 Å². The lowest BCUT2D eigenvalue weighted by atomic mass is 10.1. The number of halogens is 1. The molecule has 2 aromatic carbocycles. The van der Waals surface area contributed by atoms with Crippen LogP contribution in [0.3, 0.4) is 0 Å². The van der Waals surface area contributed by atoms with E-state index in [1.165, 1.54) is 0 Å². The molecule has 0 aliphatic rings. The van der Waals surface area contributed by atoms with Crippen LogP contribution in [0.4, 0.5) is 0 Å². The highest BCUT2D eigenvalue weighted by Crippen LogP contribution is 2.32. The number of imidazole rings is 1. The van der Waals surface area contributed by atoms with Crippen LogP contribution < -0.4 is 0 Å². The number of rotatable bonds is 6. The minimum atomic E-state index is 0.554. The molecule has 136 valence electrons. The second-order valence-electron chi connectivity index (χ2n) is 5.84. The van der Waals surface area contributed by atoms with E-state index >= 15 is 0 Å². The summed E-state index contributed by atoms with van der Waals surface area (Å²) in [5.41, 5.74) is 3.05. The Morgan fingerprint density at radius 1 is 1.04 bits per heavy atom. The monoisotopic (exact) mass is 396 g/mol. The quantitative estimate of drug-likeness (QED) is 0.407. The number of nitrogens with zero attached hydrogens (tertiary/aromatic N) is 4. The summed E-state index contributed by atoms with van der Waals surface area (Å²) < 4.78 is 7.71. The van der Waals surface area contributed by atoms with Crippen molar-refractivity contribution in [1.29, 1.82) is 0 Å². The molecule has 4 aromatic rings. The van der Waals surface area contributed by atoms with E-state index in [9.17, 15) is 0 Å². The molecule has 0 amide bonds. The van der Waals surface area contributed by atoms with E-state index in [-0.39, 0.29) is 0 Å². The Balaban J connectivity index is 1.71. The smallest absolute Gasteiger partial charge is 0.226 e. The van der Waals surface area contributed by atoms with E-state index in [1.54, 1.807) is 11.8 Å². The minimum absolute atomic E-state index is 0.554. The van der Waals surface area contributed by atoms with E-state index in [0.717, 1.165) is 28.5 Å². The largest absolute Gasteiger partial charge is 0.424 e. The molecule has 0 N–H and O–H groups in total. The highest BCUT2D eigenvalue weighted by Gasteiger charge is 2.16. The molecule has 2 heterocycles. The van der Waals surface area contributed by atoms with Crippen LogP contribution in [-0.2, 0) is 12.2 Å². The maximum Gasteiger partial charge on any atom is 0.226 e. The zero-order valence-electron chi connectivity index (χ0n) is 14.7. The average Bonchev–Trinajstić information content (AvgIpc) is 3.34. The van der Waals surface area contributed by atoms with Gasteiger partial charge in [-0.1, -0.05) is 66.7 Å². The average molecular weight is 397 g/mol. The van der Waals surface area contributed by atoms with Gasteiger partial charge in [0, 0.05) is 22.7 Å². The molecular formula is C20H17ClN4OS. The first-order valence-corrected chi connectivity index (χ1v) is 9.94. The molecule has 7 heteroatoms. The van der Waals surface area contributed by atoms with Crippen molar-refractivity contribution < 1.29 is 4.42 Å². The molecule has 0 aliphatic carbocycles. The van der Waals surface area contributed by atoms with E-state index < -0.39 is 0 Å². The van der Waals surface area contributed by atoms with E-state index in [0.29, 0.717) is 22.6 Å². The Hall–Kier alpha value is -2.57. The van der Waals surface area contributed by atoms with Crippen molar-refractivity contribution in [3.05, 3.63) is 77.6 Å². The first kappa shape index (κ1) is 17.8. The van der Waals surface area contributed by atoms with Gasteiger partial charge < -0.3 is 4.42 Å². The number of hydrogen-bond acceptors (Lipinski definition) is 5. The van der Waals surface area contributed by atoms with Gasteiger partial charge in [-0.05, 0) is 18.2 Å². The maximum absolute atomic E-state index is 6.23. The molecule has 0 unspecified atom stereocenters. The predicted molar refractivity (Wildman–Crippen MR) is 107 cm³/mol. The molecule has 5 nitrogen and oxygen atoms in total. The first-order chi connectivity index (χ1) is 13.2. The summed E-state index contributed by atoms with van der Waals surface area (Å²) in [6, 6.07) is 17.9. The van der Waals surface area contributed by atoms with E-state index in [2.05, 4.69) is 31.9 Å². The molecule has 0 aliphatic heterocycles. The lowest BCUT2D eigenvalue weighted by Gasteiger charge is -2.12. The Labute approximate surface area is 166 Å². The summed E-state index contributed by atoms with van der Waals surface area (Å²) in [7, 11) is 0. The second kappa shape index (κ2) is 7.98. The van der Waals surface area contributed by atoms with Crippen LogP contribution in [0.25, 0.3) is 16.9 Å². The molecule has 0 saturated heterocycles. The number of aryl methyl sites for hydroxylation is 1. The molecule has 0 fully saturated rings. The van der Waals surface area contributed by atoms with Gasteiger partial charge in [0.15, 0.2) is 5.16 Å². The van der Waals surface area contributed by atoms with Crippen LogP contribution in [0.5, 0.6) is 0 Å². The summed E-state index contributed by atoms with van der Waals surface area (Å²) in [4.78, 5) is 4.63. The van der Waals surface area contributed by atoms with Crippen LogP contribution in [-0.4, -0.2) is 19.7 Å². The SMILES string of the molecule is CCc1nnc(CSc2ncc(-c3ccccc3)n2-c2cccc(Cl)c2)o1. The van der Waals surface area contributed by atoms with Gasteiger partial charge in [-0.2, -0.15) is 0 Å². The van der Waals surface area contributed by atoms with Crippen LogP contribution in [0.1, 0.15) is 18.7 Å². The van der Waals surface area contributed by atoms with Crippen LogP contribution in [0.15, 0.2) is 70.4 Å². The molecule has 0 spiro atoms. The fraction of sp³-hybridized carbons (Fsp3) is 0.150. The number of hydrogen-bond donors (Lipinski definition) is 0. The van der Waals surface area contributed by atoms with Gasteiger partial charge in [-0.3, -0.25) is 4.57 Å². The third kappa shape index (κ3) is 3.91. The Bertz CT molecular complexity index is 1050. The predicted octanol–water partition coefficient (Wildman–Crippen LogP) is 5.43. The van der Waals surface area contributed by atoms with Crippen molar-refractivity contribution in [3.8, 4) is 16.9 Å². The molecule has 0 atom stereocenters. The van der Waals surface area contributed by atoms with Gasteiger partial charge in [0.05, 0.1) is 17.6 Å². The topological polar surface area (TPSA) is 56.7 Å². The van der Waals surface area contributed by atoms with Crippen LogP contribution >= 0.6 is 23.4 Å².